The molecular formula is C16H24O3. The predicted octanol–water partition coefficient (Wildman–Crippen LogP) is 3.43. The number of unbranched alkanes of at least 4 members (excludes halogenated alkanes) is 4. The highest BCUT2D eigenvalue weighted by Crippen LogP contribution is 2.06. The average molecular weight is 264 g/mol. The van der Waals surface area contributed by atoms with E-state index < -0.39 is 0 Å². The van der Waals surface area contributed by atoms with Crippen LogP contribution in [0.2, 0.25) is 0 Å². The summed E-state index contributed by atoms with van der Waals surface area (Å²) in [6, 6.07) is 0. The smallest absolute Gasteiger partial charge is 0.305 e. The molecule has 0 aromatic rings. The molecule has 0 heterocycles. The van der Waals surface area contributed by atoms with Crippen molar-refractivity contribution < 1.29 is 14.3 Å². The van der Waals surface area contributed by atoms with Gasteiger partial charge in [-0.15, -0.1) is 0 Å². The summed E-state index contributed by atoms with van der Waals surface area (Å²) in [6.45, 7) is 2.07. The van der Waals surface area contributed by atoms with Gasteiger partial charge >= 0.3 is 5.97 Å². The number of ketones is 1. The van der Waals surface area contributed by atoms with E-state index in [0.717, 1.165) is 38.5 Å². The third-order valence-electron chi connectivity index (χ3n) is 2.61. The largest absolute Gasteiger partial charge is 0.469 e. The topological polar surface area (TPSA) is 43.4 Å². The van der Waals surface area contributed by atoms with Gasteiger partial charge in [-0.25, -0.2) is 0 Å². The summed E-state index contributed by atoms with van der Waals surface area (Å²) in [7, 11) is 1.40. The lowest BCUT2D eigenvalue weighted by Crippen LogP contribution is -1.99. The fourth-order valence-electron chi connectivity index (χ4n) is 1.50. The van der Waals surface area contributed by atoms with Crippen LogP contribution in [-0.4, -0.2) is 18.9 Å². The molecule has 0 radical (unpaired) electrons. The Bertz CT molecular complexity index is 345. The molecule has 3 nitrogen and oxygen atoms in total. The summed E-state index contributed by atoms with van der Waals surface area (Å²) in [5.74, 6) is 5.76. The molecule has 0 aromatic heterocycles. The van der Waals surface area contributed by atoms with Gasteiger partial charge in [0.25, 0.3) is 0 Å². The molecule has 0 N–H and O–H groups in total. The van der Waals surface area contributed by atoms with Gasteiger partial charge in [0.15, 0.2) is 5.78 Å². The van der Waals surface area contributed by atoms with Gasteiger partial charge < -0.3 is 4.74 Å². The first-order chi connectivity index (χ1) is 9.20. The zero-order valence-corrected chi connectivity index (χ0v) is 12.0. The van der Waals surface area contributed by atoms with Crippen molar-refractivity contribution in [1.29, 1.82) is 0 Å². The number of hydrogen-bond donors (Lipinski definition) is 0. The number of methoxy groups -OCH3 is 1. The minimum atomic E-state index is -0.162. The van der Waals surface area contributed by atoms with Crippen LogP contribution in [-0.2, 0) is 14.3 Å². The Kier molecular flexibility index (Phi) is 11.8. The quantitative estimate of drug-likeness (QED) is 0.277. The van der Waals surface area contributed by atoms with E-state index in [4.69, 9.17) is 0 Å². The van der Waals surface area contributed by atoms with Crippen molar-refractivity contribution in [2.24, 2.45) is 0 Å². The maximum atomic E-state index is 11.4. The Balaban J connectivity index is 3.49. The van der Waals surface area contributed by atoms with E-state index in [1.54, 1.807) is 12.2 Å². The molecule has 0 rings (SSSR count). The maximum absolute atomic E-state index is 11.4. The minimum Gasteiger partial charge on any atom is -0.469 e. The van der Waals surface area contributed by atoms with Crippen LogP contribution >= 0.6 is 0 Å². The molecule has 106 valence electrons. The van der Waals surface area contributed by atoms with Crippen molar-refractivity contribution in [3.8, 4) is 11.8 Å². The molecule has 0 spiro atoms. The molecule has 0 saturated carbocycles. The summed E-state index contributed by atoms with van der Waals surface area (Å²) >= 11 is 0. The number of carbonyl (C=O) groups excluding carboxylic acids is 2. The number of esters is 1. The fourth-order valence-corrected chi connectivity index (χ4v) is 1.50. The standard InChI is InChI=1S/C16H24O3/c1-3-4-5-6-9-12-15(17)13-10-7-8-11-14-16(18)19-2/h9,12H,3-4,7-8,10-11,13-14H2,1-2H3. The van der Waals surface area contributed by atoms with Gasteiger partial charge in [-0.05, 0) is 31.4 Å². The number of rotatable bonds is 9. The van der Waals surface area contributed by atoms with Gasteiger partial charge in [-0.1, -0.05) is 31.6 Å². The molecule has 0 unspecified atom stereocenters. The van der Waals surface area contributed by atoms with Crippen LogP contribution in [0, 0.1) is 11.8 Å². The lowest BCUT2D eigenvalue weighted by molar-refractivity contribution is -0.140. The van der Waals surface area contributed by atoms with E-state index in [0.29, 0.717) is 12.8 Å². The first kappa shape index (κ1) is 17.4. The normalized spacial score (nSPS) is 10.0. The third kappa shape index (κ3) is 12.7. The van der Waals surface area contributed by atoms with E-state index in [1.165, 1.54) is 7.11 Å². The molecule has 0 aliphatic rings. The van der Waals surface area contributed by atoms with Gasteiger partial charge in [0.2, 0.25) is 0 Å². The minimum absolute atomic E-state index is 0.124. The molecular weight excluding hydrogens is 240 g/mol. The summed E-state index contributed by atoms with van der Waals surface area (Å²) in [5, 5.41) is 0. The van der Waals surface area contributed by atoms with Gasteiger partial charge in [0.05, 0.1) is 7.11 Å². The lowest BCUT2D eigenvalue weighted by Gasteiger charge is -1.99. The monoisotopic (exact) mass is 264 g/mol. The van der Waals surface area contributed by atoms with E-state index >= 15 is 0 Å². The van der Waals surface area contributed by atoms with Gasteiger partial charge in [0.1, 0.15) is 0 Å². The van der Waals surface area contributed by atoms with E-state index in [9.17, 15) is 9.59 Å². The molecule has 19 heavy (non-hydrogen) atoms. The average Bonchev–Trinajstić information content (AvgIpc) is 2.42. The highest BCUT2D eigenvalue weighted by molar-refractivity contribution is 5.89. The highest BCUT2D eigenvalue weighted by atomic mass is 16.5. The van der Waals surface area contributed by atoms with Crippen LogP contribution in [0.1, 0.15) is 58.3 Å². The summed E-state index contributed by atoms with van der Waals surface area (Å²) in [4.78, 5) is 22.3. The van der Waals surface area contributed by atoms with Gasteiger partial charge in [-0.3, -0.25) is 9.59 Å². The Morgan fingerprint density at radius 2 is 1.79 bits per heavy atom. The molecule has 0 aromatic carbocycles. The number of hydrogen-bond acceptors (Lipinski definition) is 3. The zero-order chi connectivity index (χ0) is 14.3. The van der Waals surface area contributed by atoms with Crippen molar-refractivity contribution in [2.45, 2.75) is 58.3 Å². The lowest BCUT2D eigenvalue weighted by atomic mass is 10.1. The Labute approximate surface area is 116 Å². The summed E-state index contributed by atoms with van der Waals surface area (Å²) in [6.07, 6.45) is 9.76. The molecule has 0 saturated heterocycles. The number of allylic oxidation sites excluding steroid dienone is 2. The van der Waals surface area contributed by atoms with Gasteiger partial charge in [-0.2, -0.15) is 0 Å². The number of ether oxygens (including phenoxy) is 1. The SMILES string of the molecule is CCCC#CC=CC(=O)CCCCCCC(=O)OC. The van der Waals surface area contributed by atoms with Crippen LogP contribution in [0.5, 0.6) is 0 Å². The van der Waals surface area contributed by atoms with Gasteiger partial charge in [0, 0.05) is 19.3 Å². The second-order valence-corrected chi connectivity index (χ2v) is 4.36. The van der Waals surface area contributed by atoms with Crippen molar-refractivity contribution in [1.82, 2.24) is 0 Å². The van der Waals surface area contributed by atoms with Crippen LogP contribution in [0.4, 0.5) is 0 Å². The third-order valence-corrected chi connectivity index (χ3v) is 2.61. The van der Waals surface area contributed by atoms with Crippen molar-refractivity contribution >= 4 is 11.8 Å². The van der Waals surface area contributed by atoms with Crippen LogP contribution in [0.3, 0.4) is 0 Å². The molecule has 0 bridgehead atoms. The Morgan fingerprint density at radius 3 is 2.42 bits per heavy atom. The number of carbonyl (C=O) groups is 2. The van der Waals surface area contributed by atoms with Crippen molar-refractivity contribution in [2.75, 3.05) is 7.11 Å². The first-order valence-electron chi connectivity index (χ1n) is 6.95. The first-order valence-corrected chi connectivity index (χ1v) is 6.95. The van der Waals surface area contributed by atoms with Crippen LogP contribution in [0.15, 0.2) is 12.2 Å². The summed E-state index contributed by atoms with van der Waals surface area (Å²) in [5.41, 5.74) is 0. The second-order valence-electron chi connectivity index (χ2n) is 4.36. The van der Waals surface area contributed by atoms with E-state index in [2.05, 4.69) is 23.5 Å². The molecule has 0 fully saturated rings. The molecule has 0 aliphatic heterocycles. The molecule has 0 aliphatic carbocycles. The fraction of sp³-hybridized carbons (Fsp3) is 0.625. The highest BCUT2D eigenvalue weighted by Gasteiger charge is 2.00. The maximum Gasteiger partial charge on any atom is 0.305 e. The van der Waals surface area contributed by atoms with Crippen LogP contribution < -0.4 is 0 Å². The summed E-state index contributed by atoms with van der Waals surface area (Å²) < 4.78 is 4.55. The van der Waals surface area contributed by atoms with E-state index in [1.807, 2.05) is 0 Å². The second kappa shape index (κ2) is 12.9. The predicted molar refractivity (Wildman–Crippen MR) is 76.5 cm³/mol. The van der Waals surface area contributed by atoms with Crippen LogP contribution in [0.25, 0.3) is 0 Å². The Morgan fingerprint density at radius 1 is 1.11 bits per heavy atom. The molecule has 0 atom stereocenters. The Hall–Kier alpha value is -1.56. The van der Waals surface area contributed by atoms with E-state index in [-0.39, 0.29) is 11.8 Å². The zero-order valence-electron chi connectivity index (χ0n) is 12.0. The molecule has 0 amide bonds. The molecule has 3 heteroatoms. The van der Waals surface area contributed by atoms with Crippen molar-refractivity contribution in [3.63, 3.8) is 0 Å². The van der Waals surface area contributed by atoms with Crippen molar-refractivity contribution in [3.05, 3.63) is 12.2 Å².